The summed E-state index contributed by atoms with van der Waals surface area (Å²) >= 11 is 9.15. The summed E-state index contributed by atoms with van der Waals surface area (Å²) in [5, 5.41) is 3.34. The summed E-state index contributed by atoms with van der Waals surface area (Å²) in [5.41, 5.74) is 0.418. The Balaban J connectivity index is 2.57. The zero-order chi connectivity index (χ0) is 13.5. The number of nitrogens with zero attached hydrogens (tertiary/aromatic N) is 1. The Hall–Kier alpha value is -0.790. The van der Waals surface area contributed by atoms with Gasteiger partial charge in [-0.15, -0.1) is 0 Å². The first-order valence-electron chi connectivity index (χ1n) is 5.16. The van der Waals surface area contributed by atoms with Gasteiger partial charge in [0.05, 0.1) is 10.7 Å². The molecule has 98 valence electrons. The van der Waals surface area contributed by atoms with Gasteiger partial charge in [0.2, 0.25) is 5.96 Å². The SMILES string of the molecule is CC(C)N=C1Nc2cc(Cl)c(Br)cc2S(=O)(=O)N1. The van der Waals surface area contributed by atoms with E-state index >= 15 is 0 Å². The van der Waals surface area contributed by atoms with Gasteiger partial charge in [0, 0.05) is 10.5 Å². The van der Waals surface area contributed by atoms with Crippen molar-refractivity contribution in [3.05, 3.63) is 21.6 Å². The molecular weight excluding hydrogens is 342 g/mol. The predicted molar refractivity (Wildman–Crippen MR) is 75.7 cm³/mol. The van der Waals surface area contributed by atoms with Gasteiger partial charge in [-0.05, 0) is 41.9 Å². The monoisotopic (exact) mass is 351 g/mol. The standard InChI is InChI=1S/C10H11BrClN3O2S/c1-5(2)13-10-14-8-4-7(12)6(11)3-9(8)18(16,17)15-10/h3-5H,1-2H3,(H2,13,14,15). The summed E-state index contributed by atoms with van der Waals surface area (Å²) in [7, 11) is -3.61. The summed E-state index contributed by atoms with van der Waals surface area (Å²) in [4.78, 5) is 4.28. The van der Waals surface area contributed by atoms with Gasteiger partial charge in [-0.25, -0.2) is 18.1 Å². The lowest BCUT2D eigenvalue weighted by Gasteiger charge is -2.22. The molecule has 1 aromatic rings. The number of halogens is 2. The van der Waals surface area contributed by atoms with Crippen molar-refractivity contribution in [1.82, 2.24) is 4.72 Å². The van der Waals surface area contributed by atoms with Gasteiger partial charge in [0.25, 0.3) is 10.0 Å². The number of rotatable bonds is 1. The molecule has 0 spiro atoms. The maximum absolute atomic E-state index is 12.0. The summed E-state index contributed by atoms with van der Waals surface area (Å²) in [6.07, 6.45) is 0. The third-order valence-corrected chi connectivity index (χ3v) is 4.76. The van der Waals surface area contributed by atoms with Crippen LogP contribution in [0.5, 0.6) is 0 Å². The van der Waals surface area contributed by atoms with Crippen LogP contribution in [0, 0.1) is 0 Å². The Kier molecular flexibility index (Phi) is 3.57. The van der Waals surface area contributed by atoms with Gasteiger partial charge in [-0.2, -0.15) is 0 Å². The minimum atomic E-state index is -3.61. The molecule has 2 N–H and O–H groups in total. The van der Waals surface area contributed by atoms with E-state index in [0.717, 1.165) is 0 Å². The van der Waals surface area contributed by atoms with E-state index < -0.39 is 10.0 Å². The maximum atomic E-state index is 12.0. The second kappa shape index (κ2) is 4.71. The number of aliphatic imine (C=N–C) groups is 1. The number of sulfonamides is 1. The summed E-state index contributed by atoms with van der Waals surface area (Å²) in [6, 6.07) is 2.98. The van der Waals surface area contributed by atoms with E-state index in [0.29, 0.717) is 15.2 Å². The maximum Gasteiger partial charge on any atom is 0.266 e. The summed E-state index contributed by atoms with van der Waals surface area (Å²) < 4.78 is 27.0. The highest BCUT2D eigenvalue weighted by Gasteiger charge is 2.27. The van der Waals surface area contributed by atoms with Crippen LogP contribution in [0.25, 0.3) is 0 Å². The van der Waals surface area contributed by atoms with Crippen LogP contribution in [-0.4, -0.2) is 20.4 Å². The number of hydrogen-bond acceptors (Lipinski definition) is 3. The third-order valence-electron chi connectivity index (χ3n) is 2.18. The third kappa shape index (κ3) is 2.62. The van der Waals surface area contributed by atoms with Crippen molar-refractivity contribution in [2.24, 2.45) is 4.99 Å². The van der Waals surface area contributed by atoms with Crippen LogP contribution >= 0.6 is 27.5 Å². The molecule has 0 radical (unpaired) electrons. The largest absolute Gasteiger partial charge is 0.324 e. The van der Waals surface area contributed by atoms with Gasteiger partial charge in [0.15, 0.2) is 0 Å². The molecule has 0 saturated carbocycles. The molecule has 1 aliphatic heterocycles. The summed E-state index contributed by atoms with van der Waals surface area (Å²) in [5.74, 6) is 0.205. The molecule has 18 heavy (non-hydrogen) atoms. The van der Waals surface area contributed by atoms with E-state index in [2.05, 4.69) is 31.0 Å². The fraction of sp³-hybridized carbons (Fsp3) is 0.300. The predicted octanol–water partition coefficient (Wildman–Crippen LogP) is 2.57. The highest BCUT2D eigenvalue weighted by atomic mass is 79.9. The van der Waals surface area contributed by atoms with Crippen molar-refractivity contribution in [2.75, 3.05) is 5.32 Å². The van der Waals surface area contributed by atoms with Crippen LogP contribution in [-0.2, 0) is 10.0 Å². The molecule has 1 heterocycles. The second-order valence-corrected chi connectivity index (χ2v) is 6.98. The number of hydrogen-bond donors (Lipinski definition) is 2. The van der Waals surface area contributed by atoms with E-state index in [1.165, 1.54) is 6.07 Å². The normalized spacial score (nSPS) is 19.3. The van der Waals surface area contributed by atoms with Gasteiger partial charge in [0.1, 0.15) is 4.90 Å². The molecule has 8 heteroatoms. The van der Waals surface area contributed by atoms with Crippen LogP contribution in [0.1, 0.15) is 13.8 Å². The molecule has 1 aliphatic rings. The molecule has 0 aromatic heterocycles. The van der Waals surface area contributed by atoms with Gasteiger partial charge < -0.3 is 5.32 Å². The van der Waals surface area contributed by atoms with Crippen LogP contribution in [0.3, 0.4) is 0 Å². The number of benzene rings is 1. The van der Waals surface area contributed by atoms with Gasteiger partial charge >= 0.3 is 0 Å². The first kappa shape index (κ1) is 13.6. The van der Waals surface area contributed by atoms with Crippen molar-refractivity contribution in [3.8, 4) is 0 Å². The van der Waals surface area contributed by atoms with Crippen molar-refractivity contribution in [3.63, 3.8) is 0 Å². The lowest BCUT2D eigenvalue weighted by Crippen LogP contribution is -2.41. The Labute approximate surface area is 119 Å². The van der Waals surface area contributed by atoms with Crippen LogP contribution in [0.4, 0.5) is 5.69 Å². The van der Waals surface area contributed by atoms with E-state index in [4.69, 9.17) is 11.6 Å². The average Bonchev–Trinajstić information content (AvgIpc) is 2.19. The molecule has 2 rings (SSSR count). The quantitative estimate of drug-likeness (QED) is 0.816. The first-order chi connectivity index (χ1) is 8.29. The molecule has 0 saturated heterocycles. The smallest absolute Gasteiger partial charge is 0.266 e. The van der Waals surface area contributed by atoms with Crippen molar-refractivity contribution >= 4 is 49.2 Å². The van der Waals surface area contributed by atoms with E-state index in [-0.39, 0.29) is 16.9 Å². The van der Waals surface area contributed by atoms with Gasteiger partial charge in [-0.1, -0.05) is 11.6 Å². The molecule has 1 aromatic carbocycles. The lowest BCUT2D eigenvalue weighted by atomic mass is 10.3. The lowest BCUT2D eigenvalue weighted by molar-refractivity contribution is 0.591. The number of guanidine groups is 1. The van der Waals surface area contributed by atoms with Crippen molar-refractivity contribution in [2.45, 2.75) is 24.8 Å². The Morgan fingerprint density at radius 3 is 2.67 bits per heavy atom. The molecule has 0 atom stereocenters. The molecule has 0 aliphatic carbocycles. The zero-order valence-electron chi connectivity index (χ0n) is 9.66. The minimum Gasteiger partial charge on any atom is -0.324 e. The fourth-order valence-corrected chi connectivity index (χ4v) is 3.30. The number of nitrogens with one attached hydrogen (secondary N) is 2. The average molecular weight is 353 g/mol. The molecule has 0 amide bonds. The highest BCUT2D eigenvalue weighted by Crippen LogP contribution is 2.33. The number of anilines is 1. The first-order valence-corrected chi connectivity index (χ1v) is 7.81. The highest BCUT2D eigenvalue weighted by molar-refractivity contribution is 9.10. The Morgan fingerprint density at radius 1 is 1.39 bits per heavy atom. The second-order valence-electron chi connectivity index (χ2n) is 4.06. The van der Waals surface area contributed by atoms with E-state index in [9.17, 15) is 8.42 Å². The minimum absolute atomic E-state index is 0.0253. The molecule has 5 nitrogen and oxygen atoms in total. The van der Waals surface area contributed by atoms with E-state index in [1.807, 2.05) is 13.8 Å². The molecular formula is C10H11BrClN3O2S. The number of fused-ring (bicyclic) bond motifs is 1. The molecule has 0 fully saturated rings. The van der Waals surface area contributed by atoms with E-state index in [1.54, 1.807) is 6.07 Å². The van der Waals surface area contributed by atoms with Crippen LogP contribution in [0.2, 0.25) is 5.02 Å². The Bertz CT molecular complexity index is 628. The Morgan fingerprint density at radius 2 is 2.06 bits per heavy atom. The molecule has 0 bridgehead atoms. The van der Waals surface area contributed by atoms with Crippen LogP contribution < -0.4 is 10.0 Å². The van der Waals surface area contributed by atoms with Crippen LogP contribution in [0.15, 0.2) is 26.5 Å². The topological polar surface area (TPSA) is 70.6 Å². The summed E-state index contributed by atoms with van der Waals surface area (Å²) in [6.45, 7) is 3.71. The zero-order valence-corrected chi connectivity index (χ0v) is 12.8. The van der Waals surface area contributed by atoms with Crippen molar-refractivity contribution in [1.29, 1.82) is 0 Å². The fourth-order valence-electron chi connectivity index (χ4n) is 1.50. The molecule has 0 unspecified atom stereocenters. The van der Waals surface area contributed by atoms with Crippen molar-refractivity contribution < 1.29 is 8.42 Å². The van der Waals surface area contributed by atoms with Gasteiger partial charge in [-0.3, -0.25) is 0 Å².